The normalized spacial score (nSPS) is 15.9. The maximum atomic E-state index is 13.0. The number of hydrogen-bond acceptors (Lipinski definition) is 3. The molecule has 1 aliphatic rings. The summed E-state index contributed by atoms with van der Waals surface area (Å²) >= 11 is 0. The Hall–Kier alpha value is -3.22. The Morgan fingerprint density at radius 3 is 2.47 bits per heavy atom. The number of carbonyl (C=O) groups excluding carboxylic acids is 3. The van der Waals surface area contributed by atoms with E-state index in [-0.39, 0.29) is 43.0 Å². The first-order chi connectivity index (χ1) is 14.5. The topological polar surface area (TPSA) is 69.7 Å². The number of halogens is 1. The van der Waals surface area contributed by atoms with Gasteiger partial charge in [0.05, 0.1) is 12.5 Å². The second-order valence-corrected chi connectivity index (χ2v) is 7.42. The number of rotatable bonds is 8. The second kappa shape index (κ2) is 10.0. The van der Waals surface area contributed by atoms with Gasteiger partial charge in [-0.05, 0) is 30.2 Å². The molecule has 1 atom stereocenters. The number of benzene rings is 2. The summed E-state index contributed by atoms with van der Waals surface area (Å²) in [6.45, 7) is 3.22. The van der Waals surface area contributed by atoms with E-state index in [2.05, 4.69) is 5.32 Å². The number of nitrogens with zero attached hydrogens (tertiary/aromatic N) is 2. The van der Waals surface area contributed by atoms with E-state index in [4.69, 9.17) is 0 Å². The number of hydrogen-bond donors (Lipinski definition) is 1. The van der Waals surface area contributed by atoms with Gasteiger partial charge < -0.3 is 15.1 Å². The minimum Gasteiger partial charge on any atom is -0.350 e. The van der Waals surface area contributed by atoms with Gasteiger partial charge in [-0.3, -0.25) is 14.4 Å². The fraction of sp³-hybridized carbons (Fsp3) is 0.348. The Kier molecular flexibility index (Phi) is 7.17. The van der Waals surface area contributed by atoms with Gasteiger partial charge in [-0.25, -0.2) is 4.39 Å². The molecule has 3 rings (SSSR count). The van der Waals surface area contributed by atoms with Gasteiger partial charge in [0.2, 0.25) is 17.7 Å². The van der Waals surface area contributed by atoms with E-state index in [0.717, 1.165) is 11.1 Å². The van der Waals surface area contributed by atoms with Crippen molar-refractivity contribution in [3.05, 3.63) is 71.5 Å². The maximum Gasteiger partial charge on any atom is 0.239 e. The van der Waals surface area contributed by atoms with Crippen LogP contribution in [0.4, 0.5) is 4.39 Å². The largest absolute Gasteiger partial charge is 0.350 e. The van der Waals surface area contributed by atoms with Crippen molar-refractivity contribution in [2.45, 2.75) is 26.4 Å². The van der Waals surface area contributed by atoms with Gasteiger partial charge in [0.15, 0.2) is 0 Å². The van der Waals surface area contributed by atoms with Crippen LogP contribution in [-0.2, 0) is 27.5 Å². The lowest BCUT2D eigenvalue weighted by molar-refractivity contribution is -0.139. The Labute approximate surface area is 175 Å². The summed E-state index contributed by atoms with van der Waals surface area (Å²) in [4.78, 5) is 40.7. The maximum absolute atomic E-state index is 13.0. The van der Waals surface area contributed by atoms with Crippen molar-refractivity contribution in [1.29, 1.82) is 0 Å². The quantitative estimate of drug-likeness (QED) is 0.725. The van der Waals surface area contributed by atoms with E-state index >= 15 is 0 Å². The van der Waals surface area contributed by atoms with Crippen molar-refractivity contribution in [1.82, 2.24) is 15.1 Å². The first kappa shape index (κ1) is 21.5. The summed E-state index contributed by atoms with van der Waals surface area (Å²) < 4.78 is 13.0. The van der Waals surface area contributed by atoms with E-state index in [9.17, 15) is 18.8 Å². The lowest BCUT2D eigenvalue weighted by Crippen LogP contribution is -2.43. The van der Waals surface area contributed by atoms with Crippen molar-refractivity contribution >= 4 is 17.7 Å². The number of nitrogens with one attached hydrogen (secondary N) is 1. The summed E-state index contributed by atoms with van der Waals surface area (Å²) in [6.07, 6.45) is 0.166. The average molecular weight is 411 g/mol. The minimum atomic E-state index is -0.439. The monoisotopic (exact) mass is 411 g/mol. The summed E-state index contributed by atoms with van der Waals surface area (Å²) in [5.74, 6) is -1.29. The highest BCUT2D eigenvalue weighted by atomic mass is 19.1. The van der Waals surface area contributed by atoms with Crippen LogP contribution in [0.15, 0.2) is 54.6 Å². The van der Waals surface area contributed by atoms with Crippen LogP contribution in [0.1, 0.15) is 24.5 Å². The SMILES string of the molecule is CCN(CC(=O)NCc1ccc(F)cc1)C(=O)[C@H]1CC(=O)N(Cc2ccccc2)C1. The molecular formula is C23H26FN3O3. The highest BCUT2D eigenvalue weighted by Gasteiger charge is 2.36. The Morgan fingerprint density at radius 1 is 1.10 bits per heavy atom. The van der Waals surface area contributed by atoms with Crippen LogP contribution < -0.4 is 5.32 Å². The first-order valence-corrected chi connectivity index (χ1v) is 10.1. The average Bonchev–Trinajstić information content (AvgIpc) is 3.12. The highest BCUT2D eigenvalue weighted by Crippen LogP contribution is 2.22. The zero-order valence-electron chi connectivity index (χ0n) is 17.0. The molecule has 3 amide bonds. The van der Waals surface area contributed by atoms with Gasteiger partial charge in [0, 0.05) is 32.6 Å². The predicted molar refractivity (Wildman–Crippen MR) is 110 cm³/mol. The first-order valence-electron chi connectivity index (χ1n) is 10.1. The van der Waals surface area contributed by atoms with Crippen LogP contribution in [0.5, 0.6) is 0 Å². The molecule has 30 heavy (non-hydrogen) atoms. The molecule has 0 saturated carbocycles. The summed E-state index contributed by atoms with van der Waals surface area (Å²) in [5, 5.41) is 2.75. The minimum absolute atomic E-state index is 0.0472. The van der Waals surface area contributed by atoms with Gasteiger partial charge >= 0.3 is 0 Å². The molecule has 1 N–H and O–H groups in total. The molecule has 7 heteroatoms. The molecule has 0 radical (unpaired) electrons. The predicted octanol–water partition coefficient (Wildman–Crippen LogP) is 2.34. The number of amides is 3. The van der Waals surface area contributed by atoms with Crippen LogP contribution in [0, 0.1) is 11.7 Å². The van der Waals surface area contributed by atoms with Crippen LogP contribution in [0.2, 0.25) is 0 Å². The fourth-order valence-electron chi connectivity index (χ4n) is 3.53. The molecule has 158 valence electrons. The van der Waals surface area contributed by atoms with Gasteiger partial charge in [-0.1, -0.05) is 42.5 Å². The zero-order chi connectivity index (χ0) is 21.5. The molecular weight excluding hydrogens is 385 g/mol. The fourth-order valence-corrected chi connectivity index (χ4v) is 3.53. The Balaban J connectivity index is 1.51. The molecule has 0 bridgehead atoms. The molecule has 2 aromatic rings. The van der Waals surface area contributed by atoms with E-state index in [1.807, 2.05) is 37.3 Å². The van der Waals surface area contributed by atoms with Crippen molar-refractivity contribution in [3.8, 4) is 0 Å². The Bertz CT molecular complexity index is 886. The van der Waals surface area contributed by atoms with Crippen molar-refractivity contribution in [2.75, 3.05) is 19.6 Å². The molecule has 1 aliphatic heterocycles. The van der Waals surface area contributed by atoms with E-state index in [1.165, 1.54) is 17.0 Å². The van der Waals surface area contributed by atoms with Crippen molar-refractivity contribution in [2.24, 2.45) is 5.92 Å². The number of likely N-dealkylation sites (N-methyl/N-ethyl adjacent to an activating group) is 1. The molecule has 6 nitrogen and oxygen atoms in total. The molecule has 0 aliphatic carbocycles. The third-order valence-electron chi connectivity index (χ3n) is 5.21. The van der Waals surface area contributed by atoms with Gasteiger partial charge in [-0.2, -0.15) is 0 Å². The van der Waals surface area contributed by atoms with Crippen molar-refractivity contribution in [3.63, 3.8) is 0 Å². The number of likely N-dealkylation sites (tertiary alicyclic amines) is 1. The standard InChI is InChI=1S/C23H26FN3O3/c1-2-26(16-21(28)25-13-17-8-10-20(24)11-9-17)23(30)19-12-22(29)27(15-19)14-18-6-4-3-5-7-18/h3-11,19H,2,12-16H2,1H3,(H,25,28)/t19-/m0/s1. The third kappa shape index (κ3) is 5.65. The second-order valence-electron chi connectivity index (χ2n) is 7.42. The summed E-state index contributed by atoms with van der Waals surface area (Å²) in [6, 6.07) is 15.5. The van der Waals surface area contributed by atoms with Gasteiger partial charge in [0.1, 0.15) is 5.82 Å². The van der Waals surface area contributed by atoms with Crippen LogP contribution in [0.25, 0.3) is 0 Å². The van der Waals surface area contributed by atoms with Gasteiger partial charge in [-0.15, -0.1) is 0 Å². The third-order valence-corrected chi connectivity index (χ3v) is 5.21. The molecule has 0 aromatic heterocycles. The smallest absolute Gasteiger partial charge is 0.239 e. The summed E-state index contributed by atoms with van der Waals surface area (Å²) in [5.41, 5.74) is 1.79. The van der Waals surface area contributed by atoms with Crippen LogP contribution >= 0.6 is 0 Å². The summed E-state index contributed by atoms with van der Waals surface area (Å²) in [7, 11) is 0. The molecule has 1 fully saturated rings. The molecule has 2 aromatic carbocycles. The zero-order valence-corrected chi connectivity index (χ0v) is 17.0. The lowest BCUT2D eigenvalue weighted by Gasteiger charge is -2.24. The highest BCUT2D eigenvalue weighted by molar-refractivity contribution is 5.91. The lowest BCUT2D eigenvalue weighted by atomic mass is 10.1. The molecule has 0 unspecified atom stereocenters. The van der Waals surface area contributed by atoms with Crippen LogP contribution in [0.3, 0.4) is 0 Å². The molecule has 0 spiro atoms. The van der Waals surface area contributed by atoms with Crippen LogP contribution in [-0.4, -0.2) is 47.2 Å². The molecule has 1 saturated heterocycles. The molecule has 1 heterocycles. The Morgan fingerprint density at radius 2 is 1.80 bits per heavy atom. The number of carbonyl (C=O) groups is 3. The van der Waals surface area contributed by atoms with Crippen molar-refractivity contribution < 1.29 is 18.8 Å². The van der Waals surface area contributed by atoms with E-state index in [1.54, 1.807) is 17.0 Å². The van der Waals surface area contributed by atoms with Gasteiger partial charge in [0.25, 0.3) is 0 Å². The van der Waals surface area contributed by atoms with E-state index < -0.39 is 5.92 Å². The van der Waals surface area contributed by atoms with E-state index in [0.29, 0.717) is 19.6 Å².